The van der Waals surface area contributed by atoms with Gasteiger partial charge >= 0.3 is 0 Å². The third-order valence-corrected chi connectivity index (χ3v) is 0.612. The van der Waals surface area contributed by atoms with E-state index in [4.69, 9.17) is 9.84 Å². The number of methoxy groups -OCH3 is 1. The molecule has 0 unspecified atom stereocenters. The topological polar surface area (TPSA) is 32.3 Å². The second kappa shape index (κ2) is 11.0. The van der Waals surface area contributed by atoms with E-state index in [2.05, 4.69) is 27.7 Å². The van der Waals surface area contributed by atoms with Gasteiger partial charge < -0.3 is 9.84 Å². The Morgan fingerprint density at radius 3 is 0.857 bits per heavy atom. The maximum atomic E-state index is 8.25. The molecule has 0 fully saturated rings. The Hall–Kier alpha value is -0.0800. The lowest BCUT2D eigenvalue weighted by Crippen LogP contribution is -2.15. The average molecular weight is 207 g/mol. The van der Waals surface area contributed by atoms with Crippen molar-refractivity contribution in [2.45, 2.75) is 61.5 Å². The van der Waals surface area contributed by atoms with Crippen LogP contribution in [0.2, 0.25) is 0 Å². The second-order valence-corrected chi connectivity index (χ2v) is 5.32. The lowest BCUT2D eigenvalue weighted by molar-refractivity contribution is -0.325. The predicted octanol–water partition coefficient (Wildman–Crippen LogP) is 3.10. The normalized spacial score (nSPS) is 9.86. The lowest BCUT2D eigenvalue weighted by Gasteiger charge is -2.14. The molecule has 0 spiro atoms. The van der Waals surface area contributed by atoms with Crippen LogP contribution in [0.15, 0.2) is 0 Å². The molecule has 2 nitrogen and oxygen atoms in total. The van der Waals surface area contributed by atoms with Gasteiger partial charge in [0.15, 0.2) is 0 Å². The van der Waals surface area contributed by atoms with Crippen LogP contribution in [0.3, 0.4) is 0 Å². The molecule has 0 rings (SSSR count). The van der Waals surface area contributed by atoms with Crippen molar-refractivity contribution in [3.8, 4) is 0 Å². The summed E-state index contributed by atoms with van der Waals surface area (Å²) in [6.45, 7) is 14.8. The summed E-state index contributed by atoms with van der Waals surface area (Å²) in [4.78, 5) is 0. The van der Waals surface area contributed by atoms with Gasteiger partial charge in [-0.2, -0.15) is 7.11 Å². The summed E-state index contributed by atoms with van der Waals surface area (Å²) in [6, 6.07) is 0. The average Bonchev–Trinajstić information content (AvgIpc) is 1.87. The van der Waals surface area contributed by atoms with Crippen LogP contribution in [0.4, 0.5) is 0 Å². The first-order chi connectivity index (χ1) is 5.56. The van der Waals surface area contributed by atoms with Gasteiger partial charge in [0.25, 0.3) is 0 Å². The Balaban J connectivity index is -0.0000000576. The molecule has 0 atom stereocenters. The number of hydrogen-bond acceptors (Lipinski definition) is 2. The molecule has 0 heterocycles. The Bertz CT molecular complexity index is 79.5. The van der Waals surface area contributed by atoms with Gasteiger partial charge in [-0.15, -0.1) is 0 Å². The van der Waals surface area contributed by atoms with E-state index >= 15 is 0 Å². The zero-order valence-electron chi connectivity index (χ0n) is 10.8. The zero-order chi connectivity index (χ0) is 11.7. The van der Waals surface area contributed by atoms with Crippen molar-refractivity contribution in [2.75, 3.05) is 14.2 Å². The Morgan fingerprint density at radius 2 is 0.857 bits per heavy atom. The highest BCUT2D eigenvalue weighted by Crippen LogP contribution is 2.08. The third kappa shape index (κ3) is 167. The fraction of sp³-hybridized carbons (Fsp3) is 1.00. The van der Waals surface area contributed by atoms with Crippen LogP contribution < -0.4 is 5.11 Å². The monoisotopic (exact) mass is 207 g/mol. The highest BCUT2D eigenvalue weighted by atomic mass is 16.5. The highest BCUT2D eigenvalue weighted by Gasteiger charge is 2.04. The van der Waals surface area contributed by atoms with Crippen molar-refractivity contribution in [3.05, 3.63) is 0 Å². The maximum absolute atomic E-state index is 8.25. The summed E-state index contributed by atoms with van der Waals surface area (Å²) >= 11 is 0. The fourth-order valence-electron chi connectivity index (χ4n) is 0. The molecule has 0 radical (unpaired) electrons. The first-order valence-corrected chi connectivity index (χ1v) is 4.52. The van der Waals surface area contributed by atoms with Gasteiger partial charge in [-0.1, -0.05) is 35.1 Å². The zero-order valence-corrected chi connectivity index (χ0v) is 10.8. The van der Waals surface area contributed by atoms with E-state index < -0.39 is 0 Å². The molecule has 0 aliphatic carbocycles. The number of ether oxygens (including phenoxy) is 1. The molecule has 0 aliphatic rings. The Kier molecular flexibility index (Phi) is 18.5. The van der Waals surface area contributed by atoms with Crippen molar-refractivity contribution in [2.24, 2.45) is 5.41 Å². The maximum Gasteiger partial charge on any atom is 0.0594 e. The molecule has 0 saturated heterocycles. The minimum Gasteiger partial charge on any atom is -0.857 e. The summed E-state index contributed by atoms with van der Waals surface area (Å²) in [5.41, 5.74) is 0.542. The minimum absolute atomic E-state index is 0. The highest BCUT2D eigenvalue weighted by molar-refractivity contribution is 4.55. The number of rotatable bonds is 0. The molecule has 0 aromatic carbocycles. The molecular formula is C12H31O2-. The van der Waals surface area contributed by atoms with Crippen LogP contribution >= 0.6 is 0 Å². The van der Waals surface area contributed by atoms with Crippen LogP contribution in [0.5, 0.6) is 0 Å². The number of hydrogen-bond donors (Lipinski definition) is 0. The van der Waals surface area contributed by atoms with E-state index in [1.54, 1.807) is 7.11 Å². The molecule has 0 bridgehead atoms. The van der Waals surface area contributed by atoms with Crippen LogP contribution in [0.25, 0.3) is 0 Å². The van der Waals surface area contributed by atoms with E-state index in [0.717, 1.165) is 7.11 Å². The smallest absolute Gasteiger partial charge is 0.0594 e. The van der Waals surface area contributed by atoms with E-state index in [0.29, 0.717) is 5.41 Å². The van der Waals surface area contributed by atoms with Crippen LogP contribution in [0, 0.1) is 5.41 Å². The molecule has 92 valence electrons. The lowest BCUT2D eigenvalue weighted by atomic mass is 10.0. The van der Waals surface area contributed by atoms with Gasteiger partial charge in [0.2, 0.25) is 0 Å². The van der Waals surface area contributed by atoms with Crippen molar-refractivity contribution in [1.29, 1.82) is 0 Å². The molecule has 0 aromatic rings. The van der Waals surface area contributed by atoms with E-state index in [1.807, 2.05) is 20.8 Å². The van der Waals surface area contributed by atoms with Crippen molar-refractivity contribution >= 4 is 0 Å². The van der Waals surface area contributed by atoms with Gasteiger partial charge in [-0.05, 0) is 26.2 Å². The van der Waals surface area contributed by atoms with Crippen LogP contribution in [-0.4, -0.2) is 19.8 Å². The Morgan fingerprint density at radius 1 is 0.786 bits per heavy atom. The molecule has 0 saturated carbocycles. The van der Waals surface area contributed by atoms with E-state index in [9.17, 15) is 0 Å². The summed E-state index contributed by atoms with van der Waals surface area (Å²) in [5.74, 6) is 0. The first-order valence-electron chi connectivity index (χ1n) is 4.52. The van der Waals surface area contributed by atoms with E-state index in [1.165, 1.54) is 0 Å². The predicted molar refractivity (Wildman–Crippen MR) is 64.5 cm³/mol. The first kappa shape index (κ1) is 23.6. The summed E-state index contributed by atoms with van der Waals surface area (Å²) in [5, 5.41) is 8.25. The van der Waals surface area contributed by atoms with Crippen molar-refractivity contribution in [3.63, 3.8) is 0 Å². The van der Waals surface area contributed by atoms with Crippen molar-refractivity contribution in [1.82, 2.24) is 0 Å². The quantitative estimate of drug-likeness (QED) is 0.611. The molecular weight excluding hydrogens is 176 g/mol. The van der Waals surface area contributed by atoms with Gasteiger partial charge in [0, 0.05) is 7.11 Å². The fourth-order valence-corrected chi connectivity index (χ4v) is 0. The van der Waals surface area contributed by atoms with Crippen molar-refractivity contribution < 1.29 is 9.84 Å². The third-order valence-electron chi connectivity index (χ3n) is 0.612. The second-order valence-electron chi connectivity index (χ2n) is 5.32. The molecule has 14 heavy (non-hydrogen) atoms. The van der Waals surface area contributed by atoms with Gasteiger partial charge in [0.05, 0.1) is 5.60 Å². The Labute approximate surface area is 91.7 Å². The molecule has 0 aliphatic heterocycles. The summed E-state index contributed by atoms with van der Waals surface area (Å²) in [6.07, 6.45) is 0. The van der Waals surface area contributed by atoms with Crippen LogP contribution in [0.1, 0.15) is 55.9 Å². The van der Waals surface area contributed by atoms with Gasteiger partial charge in [-0.25, -0.2) is 0 Å². The summed E-state index contributed by atoms with van der Waals surface area (Å²) in [7, 11) is 2.46. The van der Waals surface area contributed by atoms with Crippen LogP contribution in [-0.2, 0) is 4.74 Å². The molecule has 0 N–H and O–H groups in total. The largest absolute Gasteiger partial charge is 0.857 e. The summed E-state index contributed by atoms with van der Waals surface area (Å²) < 4.78 is 4.94. The SMILES string of the molecule is C.CC(C)(C)C.COC(C)(C)C.C[O-]. The van der Waals surface area contributed by atoms with Gasteiger partial charge in [-0.3, -0.25) is 0 Å². The van der Waals surface area contributed by atoms with Gasteiger partial charge in [0.1, 0.15) is 0 Å². The standard InChI is InChI=1S/C5H12O.C5H12.CH3O.CH4/c1-5(2,3)6-4;1-5(2,3)4;1-2;/h1-4H3;1-4H3;1H3;1H4/q;;-1;. The minimum atomic E-state index is 0. The molecule has 2 heteroatoms. The van der Waals surface area contributed by atoms with E-state index in [-0.39, 0.29) is 13.0 Å². The molecule has 0 amide bonds. The molecule has 0 aromatic heterocycles.